The van der Waals surface area contributed by atoms with Gasteiger partial charge in [-0.15, -0.1) is 0 Å². The van der Waals surface area contributed by atoms with Crippen LogP contribution in [-0.2, 0) is 25.1 Å². The number of piperidine rings is 1. The third-order valence-corrected chi connectivity index (χ3v) is 7.24. The Labute approximate surface area is 182 Å². The lowest BCUT2D eigenvalue weighted by Crippen LogP contribution is -2.48. The first-order chi connectivity index (χ1) is 14.9. The summed E-state index contributed by atoms with van der Waals surface area (Å²) in [5, 5.41) is 2.72. The van der Waals surface area contributed by atoms with Crippen molar-refractivity contribution in [1.29, 1.82) is 0 Å². The van der Waals surface area contributed by atoms with Crippen molar-refractivity contribution in [1.82, 2.24) is 9.62 Å². The van der Waals surface area contributed by atoms with Crippen LogP contribution in [0.25, 0.3) is 0 Å². The van der Waals surface area contributed by atoms with Crippen molar-refractivity contribution in [2.45, 2.75) is 29.8 Å². The third kappa shape index (κ3) is 5.61. The molecule has 7 nitrogen and oxygen atoms in total. The number of nitrogens with zero attached hydrogens (tertiary/aromatic N) is 1. The van der Waals surface area contributed by atoms with Gasteiger partial charge in [0.25, 0.3) is 0 Å². The molecule has 2 aromatic rings. The maximum absolute atomic E-state index is 13.5. The molecule has 1 amide bonds. The number of alkyl carbamates (subject to hydrolysis) is 1. The van der Waals surface area contributed by atoms with Crippen LogP contribution < -0.4 is 5.32 Å². The normalized spacial score (nSPS) is 16.6. The van der Waals surface area contributed by atoms with Gasteiger partial charge in [0, 0.05) is 46.2 Å². The summed E-state index contributed by atoms with van der Waals surface area (Å²) in [7, 11) is -2.25. The van der Waals surface area contributed by atoms with Crippen molar-refractivity contribution in [3.63, 3.8) is 0 Å². The van der Waals surface area contributed by atoms with Crippen molar-refractivity contribution in [3.05, 3.63) is 66.0 Å². The monoisotopic (exact) mass is 450 g/mol. The van der Waals surface area contributed by atoms with E-state index in [1.54, 1.807) is 7.11 Å². The zero-order chi connectivity index (χ0) is 22.3. The van der Waals surface area contributed by atoms with Crippen LogP contribution in [0.4, 0.5) is 9.18 Å². The number of benzene rings is 2. The molecule has 0 spiro atoms. The number of sulfonamides is 1. The van der Waals surface area contributed by atoms with E-state index in [2.05, 4.69) is 5.32 Å². The molecule has 1 fully saturated rings. The molecule has 3 rings (SSSR count). The number of carbonyl (C=O) groups is 1. The lowest BCUT2D eigenvalue weighted by molar-refractivity contribution is -0.0278. The second kappa shape index (κ2) is 10.2. The van der Waals surface area contributed by atoms with Crippen molar-refractivity contribution in [2.75, 3.05) is 33.4 Å². The Balaban J connectivity index is 1.75. The van der Waals surface area contributed by atoms with E-state index in [0.29, 0.717) is 19.6 Å². The van der Waals surface area contributed by atoms with Crippen LogP contribution in [0.15, 0.2) is 59.5 Å². The number of methoxy groups -OCH3 is 1. The van der Waals surface area contributed by atoms with E-state index in [-0.39, 0.29) is 30.8 Å². The first-order valence-electron chi connectivity index (χ1n) is 10.1. The lowest BCUT2D eigenvalue weighted by Gasteiger charge is -2.40. The summed E-state index contributed by atoms with van der Waals surface area (Å²) in [4.78, 5) is 12.4. The number of ether oxygens (including phenoxy) is 2. The number of hydrogen-bond acceptors (Lipinski definition) is 5. The van der Waals surface area contributed by atoms with Crippen LogP contribution in [0.2, 0.25) is 0 Å². The summed E-state index contributed by atoms with van der Waals surface area (Å²) >= 11 is 0. The van der Waals surface area contributed by atoms with Gasteiger partial charge in [0.05, 0.1) is 4.90 Å². The summed E-state index contributed by atoms with van der Waals surface area (Å²) in [6.45, 7) is 1.23. The topological polar surface area (TPSA) is 84.9 Å². The van der Waals surface area contributed by atoms with E-state index in [1.165, 1.54) is 22.5 Å². The number of hydrogen-bond donors (Lipinski definition) is 1. The Morgan fingerprint density at radius 1 is 1.13 bits per heavy atom. The largest absolute Gasteiger partial charge is 0.438 e. The average Bonchev–Trinajstić information content (AvgIpc) is 2.78. The third-order valence-electron chi connectivity index (χ3n) is 5.35. The molecule has 2 aromatic carbocycles. The number of halogens is 1. The molecule has 0 bridgehead atoms. The summed E-state index contributed by atoms with van der Waals surface area (Å²) in [5.74, 6) is -0.606. The Hall–Kier alpha value is -2.49. The molecule has 0 unspecified atom stereocenters. The van der Waals surface area contributed by atoms with Gasteiger partial charge in [0.2, 0.25) is 10.0 Å². The highest BCUT2D eigenvalue weighted by atomic mass is 32.2. The van der Waals surface area contributed by atoms with Gasteiger partial charge in [0.15, 0.2) is 0 Å². The first-order valence-corrected chi connectivity index (χ1v) is 11.6. The van der Waals surface area contributed by atoms with Crippen LogP contribution in [0, 0.1) is 5.82 Å². The van der Waals surface area contributed by atoms with E-state index in [0.717, 1.165) is 11.6 Å². The molecule has 1 aliphatic rings. The molecule has 1 aliphatic heterocycles. The van der Waals surface area contributed by atoms with Crippen LogP contribution in [-0.4, -0.2) is 52.2 Å². The molecule has 0 saturated carbocycles. The van der Waals surface area contributed by atoms with Gasteiger partial charge in [-0.25, -0.2) is 17.6 Å². The standard InChI is InChI=1S/C22H27FN2O5S/c1-29-16-6-13-24-21(26)30-22(18-7-3-2-4-8-18)11-14-25(15-12-22)31(27,28)20-10-5-9-19(23)17-20/h2-5,7-10,17H,6,11-16H2,1H3,(H,24,26). The first kappa shape index (κ1) is 23.2. The fourth-order valence-electron chi connectivity index (χ4n) is 3.68. The zero-order valence-corrected chi connectivity index (χ0v) is 18.2. The Bertz CT molecular complexity index is 976. The number of amides is 1. The van der Waals surface area contributed by atoms with Crippen LogP contribution in [0.3, 0.4) is 0 Å². The second-order valence-electron chi connectivity index (χ2n) is 7.38. The maximum Gasteiger partial charge on any atom is 0.408 e. The highest BCUT2D eigenvalue weighted by Gasteiger charge is 2.42. The van der Waals surface area contributed by atoms with Crippen molar-refractivity contribution < 1.29 is 27.1 Å². The van der Waals surface area contributed by atoms with Gasteiger partial charge in [0.1, 0.15) is 11.4 Å². The minimum absolute atomic E-state index is 0.0866. The smallest absolute Gasteiger partial charge is 0.408 e. The Morgan fingerprint density at radius 3 is 2.48 bits per heavy atom. The molecule has 1 saturated heterocycles. The molecule has 0 atom stereocenters. The van der Waals surface area contributed by atoms with E-state index in [1.807, 2.05) is 30.3 Å². The van der Waals surface area contributed by atoms with Gasteiger partial charge >= 0.3 is 6.09 Å². The zero-order valence-electron chi connectivity index (χ0n) is 17.4. The van der Waals surface area contributed by atoms with Gasteiger partial charge < -0.3 is 14.8 Å². The van der Waals surface area contributed by atoms with Gasteiger partial charge in [-0.3, -0.25) is 0 Å². The fraction of sp³-hybridized carbons (Fsp3) is 0.409. The van der Waals surface area contributed by atoms with Crippen LogP contribution in [0.5, 0.6) is 0 Å². The maximum atomic E-state index is 13.5. The minimum atomic E-state index is -3.84. The van der Waals surface area contributed by atoms with Crippen LogP contribution in [0.1, 0.15) is 24.8 Å². The van der Waals surface area contributed by atoms with E-state index < -0.39 is 27.5 Å². The molecule has 0 aromatic heterocycles. The quantitative estimate of drug-likeness (QED) is 0.624. The van der Waals surface area contributed by atoms with Gasteiger partial charge in [-0.05, 0) is 30.2 Å². The second-order valence-corrected chi connectivity index (χ2v) is 9.32. The molecule has 0 radical (unpaired) electrons. The molecule has 9 heteroatoms. The Kier molecular flexibility index (Phi) is 7.64. The predicted molar refractivity (Wildman–Crippen MR) is 113 cm³/mol. The molecule has 1 heterocycles. The molecular weight excluding hydrogens is 423 g/mol. The number of rotatable bonds is 8. The minimum Gasteiger partial charge on any atom is -0.438 e. The van der Waals surface area contributed by atoms with Gasteiger partial charge in [-0.2, -0.15) is 4.31 Å². The summed E-state index contributed by atoms with van der Waals surface area (Å²) in [5.41, 5.74) is -0.134. The van der Waals surface area contributed by atoms with Crippen molar-refractivity contribution in [2.24, 2.45) is 0 Å². The summed E-state index contributed by atoms with van der Waals surface area (Å²) in [6, 6.07) is 14.3. The highest BCUT2D eigenvalue weighted by Crippen LogP contribution is 2.38. The van der Waals surface area contributed by atoms with Gasteiger partial charge in [-0.1, -0.05) is 36.4 Å². The Morgan fingerprint density at radius 2 is 1.84 bits per heavy atom. The van der Waals surface area contributed by atoms with Crippen molar-refractivity contribution in [3.8, 4) is 0 Å². The summed E-state index contributed by atoms with van der Waals surface area (Å²) in [6.07, 6.45) is 0.680. The number of nitrogens with one attached hydrogen (secondary N) is 1. The average molecular weight is 451 g/mol. The molecule has 0 aliphatic carbocycles. The number of carbonyl (C=O) groups excluding carboxylic acids is 1. The predicted octanol–water partition coefficient (Wildman–Crippen LogP) is 3.27. The molecule has 168 valence electrons. The summed E-state index contributed by atoms with van der Waals surface area (Å²) < 4.78 is 51.6. The molecule has 31 heavy (non-hydrogen) atoms. The molecule has 1 N–H and O–H groups in total. The lowest BCUT2D eigenvalue weighted by atomic mass is 9.85. The van der Waals surface area contributed by atoms with E-state index >= 15 is 0 Å². The van der Waals surface area contributed by atoms with Crippen molar-refractivity contribution >= 4 is 16.1 Å². The van der Waals surface area contributed by atoms with E-state index in [9.17, 15) is 17.6 Å². The fourth-order valence-corrected chi connectivity index (χ4v) is 5.15. The van der Waals surface area contributed by atoms with E-state index in [4.69, 9.17) is 9.47 Å². The van der Waals surface area contributed by atoms with Crippen LogP contribution >= 0.6 is 0 Å². The SMILES string of the molecule is COCCCNC(=O)OC1(c2ccccc2)CCN(S(=O)(=O)c2cccc(F)c2)CC1. The molecular formula is C22H27FN2O5S. The highest BCUT2D eigenvalue weighted by molar-refractivity contribution is 7.89.